The highest BCUT2D eigenvalue weighted by molar-refractivity contribution is 5.76. The van der Waals surface area contributed by atoms with E-state index < -0.39 is 6.03 Å². The minimum atomic E-state index is -0.528. The number of rotatable bonds is 0. The highest BCUT2D eigenvalue weighted by Gasteiger charge is 2.06. The van der Waals surface area contributed by atoms with Crippen molar-refractivity contribution < 1.29 is 4.79 Å². The van der Waals surface area contributed by atoms with E-state index in [1.807, 2.05) is 0 Å². The van der Waals surface area contributed by atoms with E-state index >= 15 is 0 Å². The monoisotopic (exact) mass is 162 g/mol. The molecule has 0 saturated heterocycles. The van der Waals surface area contributed by atoms with Crippen LogP contribution < -0.4 is 5.73 Å². The maximum absolute atomic E-state index is 10.7. The van der Waals surface area contributed by atoms with Gasteiger partial charge >= 0.3 is 6.03 Å². The summed E-state index contributed by atoms with van der Waals surface area (Å²) in [6.07, 6.45) is 4.54. The standard InChI is InChI=1S/C7H6N4O/c8-7(12)11-2-1-5-6(3-11)10-4-9-5/h1-4H,(H2,8,12). The molecule has 0 spiro atoms. The lowest BCUT2D eigenvalue weighted by molar-refractivity contribution is 0.250. The second-order valence-corrected chi connectivity index (χ2v) is 2.33. The Kier molecular flexibility index (Phi) is 1.30. The molecule has 2 N–H and O–H groups in total. The molecule has 0 aromatic carbocycles. The van der Waals surface area contributed by atoms with Gasteiger partial charge in [0.05, 0.1) is 5.69 Å². The SMILES string of the molecule is NC(=O)n1ccc2ncnc-2c1. The molecule has 60 valence electrons. The summed E-state index contributed by atoms with van der Waals surface area (Å²) in [4.78, 5) is 18.6. The average Bonchev–Trinajstić information content (AvgIpc) is 2.49. The van der Waals surface area contributed by atoms with Gasteiger partial charge in [-0.2, -0.15) is 0 Å². The van der Waals surface area contributed by atoms with E-state index in [1.165, 1.54) is 10.9 Å². The van der Waals surface area contributed by atoms with E-state index in [0.717, 1.165) is 5.69 Å². The fourth-order valence-corrected chi connectivity index (χ4v) is 0.976. The number of hydrogen-bond acceptors (Lipinski definition) is 3. The lowest BCUT2D eigenvalue weighted by atomic mass is 10.3. The predicted molar refractivity (Wildman–Crippen MR) is 41.6 cm³/mol. The van der Waals surface area contributed by atoms with Crippen LogP contribution in [0.5, 0.6) is 0 Å². The molecule has 0 aromatic heterocycles. The molecule has 1 amide bonds. The zero-order valence-electron chi connectivity index (χ0n) is 6.14. The molecular formula is C7H6N4O. The third-order valence-electron chi connectivity index (χ3n) is 1.56. The van der Waals surface area contributed by atoms with Crippen molar-refractivity contribution >= 4 is 6.03 Å². The molecule has 0 unspecified atom stereocenters. The number of nitrogens with two attached hydrogens (primary N) is 1. The maximum Gasteiger partial charge on any atom is 0.322 e. The second-order valence-electron chi connectivity index (χ2n) is 2.33. The molecule has 2 aliphatic rings. The summed E-state index contributed by atoms with van der Waals surface area (Å²) >= 11 is 0. The van der Waals surface area contributed by atoms with Crippen LogP contribution in [0.1, 0.15) is 0 Å². The van der Waals surface area contributed by atoms with Gasteiger partial charge in [0, 0.05) is 12.4 Å². The summed E-state index contributed by atoms with van der Waals surface area (Å²) in [5.74, 6) is 0. The Balaban J connectivity index is 2.62. The predicted octanol–water partition coefficient (Wildman–Crippen LogP) is 0.310. The van der Waals surface area contributed by atoms with Crippen LogP contribution in [-0.4, -0.2) is 20.6 Å². The van der Waals surface area contributed by atoms with Crippen LogP contribution in [0.2, 0.25) is 0 Å². The minimum absolute atomic E-state index is 0.528. The summed E-state index contributed by atoms with van der Waals surface area (Å²) in [7, 11) is 0. The third kappa shape index (κ3) is 0.914. The molecule has 0 bridgehead atoms. The zero-order chi connectivity index (χ0) is 8.55. The van der Waals surface area contributed by atoms with Gasteiger partial charge in [0.15, 0.2) is 0 Å². The van der Waals surface area contributed by atoms with Gasteiger partial charge in [0.25, 0.3) is 0 Å². The molecule has 5 nitrogen and oxygen atoms in total. The molecule has 0 aromatic rings. The van der Waals surface area contributed by atoms with E-state index in [0.29, 0.717) is 5.69 Å². The number of amides is 1. The van der Waals surface area contributed by atoms with Gasteiger partial charge in [-0.3, -0.25) is 4.57 Å². The zero-order valence-corrected chi connectivity index (χ0v) is 6.14. The van der Waals surface area contributed by atoms with Gasteiger partial charge in [0.2, 0.25) is 0 Å². The molecule has 0 atom stereocenters. The Morgan fingerprint density at radius 1 is 1.42 bits per heavy atom. The third-order valence-corrected chi connectivity index (χ3v) is 1.56. The lowest BCUT2D eigenvalue weighted by Gasteiger charge is -2.01. The molecule has 0 fully saturated rings. The van der Waals surface area contributed by atoms with Crippen molar-refractivity contribution in [2.75, 3.05) is 0 Å². The molecule has 0 aliphatic carbocycles. The van der Waals surface area contributed by atoms with E-state index in [-0.39, 0.29) is 0 Å². The molecule has 0 radical (unpaired) electrons. The van der Waals surface area contributed by atoms with Crippen molar-refractivity contribution in [3.05, 3.63) is 24.8 Å². The topological polar surface area (TPSA) is 73.8 Å². The molecular weight excluding hydrogens is 156 g/mol. The van der Waals surface area contributed by atoms with E-state index in [4.69, 9.17) is 5.73 Å². The highest BCUT2D eigenvalue weighted by atomic mass is 16.2. The maximum atomic E-state index is 10.7. The quantitative estimate of drug-likeness (QED) is 0.605. The molecule has 2 aliphatic heterocycles. The van der Waals surface area contributed by atoms with Crippen LogP contribution in [0.25, 0.3) is 11.4 Å². The van der Waals surface area contributed by atoms with Crippen LogP contribution in [0.4, 0.5) is 4.79 Å². The first-order valence-corrected chi connectivity index (χ1v) is 3.36. The van der Waals surface area contributed by atoms with Crippen molar-refractivity contribution in [3.63, 3.8) is 0 Å². The van der Waals surface area contributed by atoms with Crippen molar-refractivity contribution in [2.45, 2.75) is 0 Å². The summed E-state index contributed by atoms with van der Waals surface area (Å²) in [5.41, 5.74) is 6.47. The lowest BCUT2D eigenvalue weighted by Crippen LogP contribution is -2.19. The Morgan fingerprint density at radius 2 is 2.17 bits per heavy atom. The van der Waals surface area contributed by atoms with Crippen LogP contribution >= 0.6 is 0 Å². The van der Waals surface area contributed by atoms with Crippen molar-refractivity contribution in [3.8, 4) is 11.4 Å². The largest absolute Gasteiger partial charge is 0.351 e. The van der Waals surface area contributed by atoms with Gasteiger partial charge in [0.1, 0.15) is 12.0 Å². The fraction of sp³-hybridized carbons (Fsp3) is 0. The summed E-state index contributed by atoms with van der Waals surface area (Å²) in [6.45, 7) is 0. The van der Waals surface area contributed by atoms with Crippen LogP contribution in [-0.2, 0) is 0 Å². The van der Waals surface area contributed by atoms with Crippen molar-refractivity contribution in [1.29, 1.82) is 0 Å². The molecule has 2 heterocycles. The summed E-state index contributed by atoms with van der Waals surface area (Å²) < 4.78 is 1.26. The number of carbonyl (C=O) groups is 1. The number of imidazole rings is 1. The first-order valence-electron chi connectivity index (χ1n) is 3.36. The van der Waals surface area contributed by atoms with Crippen LogP contribution in [0.3, 0.4) is 0 Å². The smallest absolute Gasteiger partial charge is 0.322 e. The Morgan fingerprint density at radius 3 is 2.92 bits per heavy atom. The second kappa shape index (κ2) is 2.30. The van der Waals surface area contributed by atoms with Gasteiger partial charge in [-0.15, -0.1) is 0 Å². The van der Waals surface area contributed by atoms with Crippen molar-refractivity contribution in [1.82, 2.24) is 14.5 Å². The fourth-order valence-electron chi connectivity index (χ4n) is 0.976. The Hall–Kier alpha value is -1.91. The molecule has 0 saturated carbocycles. The van der Waals surface area contributed by atoms with Gasteiger partial charge in [-0.1, -0.05) is 0 Å². The van der Waals surface area contributed by atoms with E-state index in [9.17, 15) is 4.79 Å². The Bertz CT molecular complexity index is 394. The first-order chi connectivity index (χ1) is 5.77. The van der Waals surface area contributed by atoms with Gasteiger partial charge in [-0.25, -0.2) is 14.8 Å². The van der Waals surface area contributed by atoms with E-state index in [2.05, 4.69) is 9.97 Å². The number of pyridine rings is 1. The van der Waals surface area contributed by atoms with Crippen molar-refractivity contribution in [2.24, 2.45) is 5.73 Å². The number of hydrogen-bond donors (Lipinski definition) is 1. The molecule has 2 rings (SSSR count). The molecule has 5 heteroatoms. The van der Waals surface area contributed by atoms with Gasteiger partial charge in [-0.05, 0) is 6.07 Å². The van der Waals surface area contributed by atoms with Crippen LogP contribution in [0, 0.1) is 0 Å². The normalized spacial score (nSPS) is 10.3. The number of carbonyl (C=O) groups excluding carboxylic acids is 1. The minimum Gasteiger partial charge on any atom is -0.351 e. The molecule has 12 heavy (non-hydrogen) atoms. The first kappa shape index (κ1) is 6.78. The number of aromatic nitrogens is 3. The van der Waals surface area contributed by atoms with E-state index in [1.54, 1.807) is 18.5 Å². The average molecular weight is 162 g/mol. The number of nitrogens with zero attached hydrogens (tertiary/aromatic N) is 3. The van der Waals surface area contributed by atoms with Crippen LogP contribution in [0.15, 0.2) is 24.8 Å². The summed E-state index contributed by atoms with van der Waals surface area (Å²) in [6, 6.07) is 1.16. The summed E-state index contributed by atoms with van der Waals surface area (Å²) in [5, 5.41) is 0. The number of primary amides is 1. The number of fused-ring (bicyclic) bond motifs is 1. The highest BCUT2D eigenvalue weighted by Crippen LogP contribution is 2.14. The Labute approximate surface area is 68.2 Å². The van der Waals surface area contributed by atoms with Gasteiger partial charge < -0.3 is 5.73 Å².